The second-order valence-electron chi connectivity index (χ2n) is 4.78. The van der Waals surface area contributed by atoms with Gasteiger partial charge in [0.1, 0.15) is 5.82 Å². The lowest BCUT2D eigenvalue weighted by Gasteiger charge is -2.22. The number of nitrogens with two attached hydrogens (primary N) is 1. The molecule has 0 aromatic heterocycles. The van der Waals surface area contributed by atoms with E-state index < -0.39 is 5.54 Å². The van der Waals surface area contributed by atoms with Gasteiger partial charge in [-0.25, -0.2) is 4.39 Å². The minimum Gasteiger partial charge on any atom is -0.324 e. The Balaban J connectivity index is 0.00000162. The minimum atomic E-state index is -0.749. The maximum Gasteiger partial charge on any atom is 0.244 e. The van der Waals surface area contributed by atoms with Crippen LogP contribution in [0.2, 0.25) is 0 Å². The SMILES string of the molecule is Cc1cc(F)ccc1NC(=O)C1(N)CCCC1.Cl. The zero-order chi connectivity index (χ0) is 12.5. The van der Waals surface area contributed by atoms with Crippen LogP contribution in [-0.4, -0.2) is 11.4 Å². The van der Waals surface area contributed by atoms with Crippen LogP contribution in [0.4, 0.5) is 10.1 Å². The highest BCUT2D eigenvalue weighted by Crippen LogP contribution is 2.29. The first-order valence-corrected chi connectivity index (χ1v) is 5.88. The molecule has 0 spiro atoms. The van der Waals surface area contributed by atoms with Gasteiger partial charge in [-0.3, -0.25) is 4.79 Å². The molecule has 3 N–H and O–H groups in total. The number of carbonyl (C=O) groups excluding carboxylic acids is 1. The highest BCUT2D eigenvalue weighted by Gasteiger charge is 2.37. The zero-order valence-corrected chi connectivity index (χ0v) is 11.1. The smallest absolute Gasteiger partial charge is 0.244 e. The lowest BCUT2D eigenvalue weighted by Crippen LogP contribution is -2.48. The Morgan fingerprint density at radius 3 is 2.56 bits per heavy atom. The van der Waals surface area contributed by atoms with E-state index in [4.69, 9.17) is 5.73 Å². The number of carbonyl (C=O) groups is 1. The number of amides is 1. The Hall–Kier alpha value is -1.13. The van der Waals surface area contributed by atoms with E-state index in [0.717, 1.165) is 25.7 Å². The summed E-state index contributed by atoms with van der Waals surface area (Å²) in [6.45, 7) is 1.76. The van der Waals surface area contributed by atoms with Crippen LogP contribution in [0, 0.1) is 12.7 Å². The van der Waals surface area contributed by atoms with E-state index in [2.05, 4.69) is 5.32 Å². The van der Waals surface area contributed by atoms with Gasteiger partial charge in [-0.2, -0.15) is 0 Å². The highest BCUT2D eigenvalue weighted by molar-refractivity contribution is 5.98. The Labute approximate surface area is 112 Å². The summed E-state index contributed by atoms with van der Waals surface area (Å²) in [5.74, 6) is -0.464. The average Bonchev–Trinajstić information content (AvgIpc) is 2.71. The predicted molar refractivity (Wildman–Crippen MR) is 72.4 cm³/mol. The topological polar surface area (TPSA) is 55.1 Å². The van der Waals surface area contributed by atoms with Gasteiger partial charge in [0.15, 0.2) is 0 Å². The summed E-state index contributed by atoms with van der Waals surface area (Å²) in [6, 6.07) is 4.30. The third-order valence-electron chi connectivity index (χ3n) is 3.38. The van der Waals surface area contributed by atoms with Crippen LogP contribution in [0.25, 0.3) is 0 Å². The quantitative estimate of drug-likeness (QED) is 0.870. The Morgan fingerprint density at radius 1 is 1.39 bits per heavy atom. The van der Waals surface area contributed by atoms with E-state index in [-0.39, 0.29) is 24.1 Å². The number of halogens is 2. The molecule has 18 heavy (non-hydrogen) atoms. The molecule has 1 saturated carbocycles. The molecule has 3 nitrogen and oxygen atoms in total. The maximum atomic E-state index is 12.9. The molecule has 0 atom stereocenters. The van der Waals surface area contributed by atoms with Crippen molar-refractivity contribution in [2.75, 3.05) is 5.32 Å². The van der Waals surface area contributed by atoms with Gasteiger partial charge in [0.25, 0.3) is 0 Å². The van der Waals surface area contributed by atoms with Gasteiger partial charge >= 0.3 is 0 Å². The van der Waals surface area contributed by atoms with Crippen LogP contribution < -0.4 is 11.1 Å². The molecule has 0 aliphatic heterocycles. The van der Waals surface area contributed by atoms with Crippen molar-refractivity contribution >= 4 is 24.0 Å². The second-order valence-corrected chi connectivity index (χ2v) is 4.78. The molecule has 1 fully saturated rings. The van der Waals surface area contributed by atoms with Gasteiger partial charge in [-0.1, -0.05) is 12.8 Å². The summed E-state index contributed by atoms with van der Waals surface area (Å²) in [4.78, 5) is 12.0. The van der Waals surface area contributed by atoms with Gasteiger partial charge < -0.3 is 11.1 Å². The Kier molecular flexibility index (Phi) is 4.71. The largest absolute Gasteiger partial charge is 0.324 e. The number of anilines is 1. The first-order chi connectivity index (χ1) is 8.01. The second kappa shape index (κ2) is 5.67. The van der Waals surface area contributed by atoms with E-state index in [1.54, 1.807) is 13.0 Å². The summed E-state index contributed by atoms with van der Waals surface area (Å²) in [5, 5.41) is 2.79. The fourth-order valence-electron chi connectivity index (χ4n) is 2.25. The summed E-state index contributed by atoms with van der Waals surface area (Å²) in [7, 11) is 0. The monoisotopic (exact) mass is 272 g/mol. The van der Waals surface area contributed by atoms with Crippen LogP contribution in [0.3, 0.4) is 0 Å². The van der Waals surface area contributed by atoms with Crippen molar-refractivity contribution in [3.05, 3.63) is 29.6 Å². The Bertz CT molecular complexity index is 445. The van der Waals surface area contributed by atoms with Gasteiger partial charge in [0.2, 0.25) is 5.91 Å². The highest BCUT2D eigenvalue weighted by atomic mass is 35.5. The first-order valence-electron chi connectivity index (χ1n) is 5.88. The molecule has 1 aromatic carbocycles. The number of hydrogen-bond acceptors (Lipinski definition) is 2. The number of nitrogens with one attached hydrogen (secondary N) is 1. The van der Waals surface area contributed by atoms with Gasteiger partial charge in [0, 0.05) is 5.69 Å². The van der Waals surface area contributed by atoms with Gasteiger partial charge in [0.05, 0.1) is 5.54 Å². The first kappa shape index (κ1) is 14.9. The molecule has 0 unspecified atom stereocenters. The van der Waals surface area contributed by atoms with Crippen molar-refractivity contribution in [1.29, 1.82) is 0 Å². The van der Waals surface area contributed by atoms with Gasteiger partial charge in [-0.05, 0) is 43.5 Å². The molecule has 1 amide bonds. The average molecular weight is 273 g/mol. The van der Waals surface area contributed by atoms with Crippen molar-refractivity contribution in [2.45, 2.75) is 38.1 Å². The third-order valence-corrected chi connectivity index (χ3v) is 3.38. The predicted octanol–water partition coefficient (Wildman–Crippen LogP) is 2.77. The molecular formula is C13H18ClFN2O. The lowest BCUT2D eigenvalue weighted by molar-refractivity contribution is -0.121. The summed E-state index contributed by atoms with van der Waals surface area (Å²) in [6.07, 6.45) is 3.43. The summed E-state index contributed by atoms with van der Waals surface area (Å²) >= 11 is 0. The molecule has 1 aliphatic rings. The van der Waals surface area contributed by atoms with Crippen molar-refractivity contribution in [3.8, 4) is 0 Å². The number of benzene rings is 1. The summed E-state index contributed by atoms with van der Waals surface area (Å²) in [5.41, 5.74) is 6.64. The molecule has 5 heteroatoms. The van der Waals surface area contributed by atoms with Gasteiger partial charge in [-0.15, -0.1) is 12.4 Å². The molecule has 1 aliphatic carbocycles. The van der Waals surface area contributed by atoms with Crippen LogP contribution in [0.5, 0.6) is 0 Å². The van der Waals surface area contributed by atoms with Crippen LogP contribution >= 0.6 is 12.4 Å². The van der Waals surface area contributed by atoms with Crippen LogP contribution in [-0.2, 0) is 4.79 Å². The number of rotatable bonds is 2. The molecule has 2 rings (SSSR count). The molecule has 0 saturated heterocycles. The molecule has 100 valence electrons. The zero-order valence-electron chi connectivity index (χ0n) is 10.3. The molecule has 1 aromatic rings. The molecule has 0 radical (unpaired) electrons. The van der Waals surface area contributed by atoms with Crippen molar-refractivity contribution in [1.82, 2.24) is 0 Å². The molecular weight excluding hydrogens is 255 g/mol. The van der Waals surface area contributed by atoms with E-state index in [0.29, 0.717) is 11.3 Å². The van der Waals surface area contributed by atoms with Crippen molar-refractivity contribution in [2.24, 2.45) is 5.73 Å². The summed E-state index contributed by atoms with van der Waals surface area (Å²) < 4.78 is 12.9. The maximum absolute atomic E-state index is 12.9. The molecule has 0 heterocycles. The fraction of sp³-hybridized carbons (Fsp3) is 0.462. The van der Waals surface area contributed by atoms with Crippen molar-refractivity contribution < 1.29 is 9.18 Å². The lowest BCUT2D eigenvalue weighted by atomic mass is 9.98. The van der Waals surface area contributed by atoms with Crippen molar-refractivity contribution in [3.63, 3.8) is 0 Å². The van der Waals surface area contributed by atoms with E-state index in [1.165, 1.54) is 12.1 Å². The number of aryl methyl sites for hydroxylation is 1. The standard InChI is InChI=1S/C13H17FN2O.ClH/c1-9-8-10(14)4-5-11(9)16-12(17)13(15)6-2-3-7-13;/h4-5,8H,2-3,6-7,15H2,1H3,(H,16,17);1H. The van der Waals surface area contributed by atoms with E-state index in [9.17, 15) is 9.18 Å². The minimum absolute atomic E-state index is 0. The van der Waals surface area contributed by atoms with Crippen LogP contribution in [0.15, 0.2) is 18.2 Å². The van der Waals surface area contributed by atoms with E-state index >= 15 is 0 Å². The Morgan fingerprint density at radius 2 is 2.00 bits per heavy atom. The normalized spacial score (nSPS) is 17.1. The fourth-order valence-corrected chi connectivity index (χ4v) is 2.25. The van der Waals surface area contributed by atoms with Crippen LogP contribution in [0.1, 0.15) is 31.2 Å². The van der Waals surface area contributed by atoms with E-state index in [1.807, 2.05) is 0 Å². The number of hydrogen-bond donors (Lipinski definition) is 2. The molecule has 0 bridgehead atoms. The third kappa shape index (κ3) is 3.00.